The Labute approximate surface area is 284 Å². The van der Waals surface area contributed by atoms with Crippen LogP contribution in [0.5, 0.6) is 11.5 Å². The first-order chi connectivity index (χ1) is 23.4. The van der Waals surface area contributed by atoms with Gasteiger partial charge < -0.3 is 14.4 Å². The Hall–Kier alpha value is -4.91. The molecule has 0 N–H and O–H groups in total. The van der Waals surface area contributed by atoms with E-state index in [1.807, 2.05) is 48.5 Å². The van der Waals surface area contributed by atoms with E-state index < -0.39 is 0 Å². The van der Waals surface area contributed by atoms with Gasteiger partial charge in [-0.3, -0.25) is 0 Å². The van der Waals surface area contributed by atoms with Gasteiger partial charge in [-0.25, -0.2) is 0 Å². The maximum absolute atomic E-state index is 5.75. The first kappa shape index (κ1) is 33.0. The summed E-state index contributed by atoms with van der Waals surface area (Å²) in [5, 5.41) is 15.1. The number of methoxy groups -OCH3 is 2. The predicted octanol–water partition coefficient (Wildman–Crippen LogP) is 8.88. The van der Waals surface area contributed by atoms with Gasteiger partial charge in [0.15, 0.2) is 11.5 Å². The van der Waals surface area contributed by atoms with Gasteiger partial charge in [0, 0.05) is 34.1 Å². The predicted molar refractivity (Wildman–Crippen MR) is 197 cm³/mol. The lowest BCUT2D eigenvalue weighted by atomic mass is 9.83. The number of nitrogens with zero attached hydrogens (tertiary/aromatic N) is 5. The van der Waals surface area contributed by atoms with E-state index in [2.05, 4.69) is 85.3 Å². The number of hydrogen-bond acceptors (Lipinski definition) is 6. The quantitative estimate of drug-likeness (QED) is 0.120. The second-order valence-corrected chi connectivity index (χ2v) is 13.1. The first-order valence-electron chi connectivity index (χ1n) is 17.2. The van der Waals surface area contributed by atoms with Gasteiger partial charge in [-0.15, -0.1) is 10.2 Å². The summed E-state index contributed by atoms with van der Waals surface area (Å²) >= 11 is 0. The highest BCUT2D eigenvalue weighted by Gasteiger charge is 2.39. The molecule has 1 aliphatic heterocycles. The minimum atomic E-state index is -0.109. The molecular weight excluding hydrogens is 594 g/mol. The fraction of sp³-hybridized carbons (Fsp3) is 0.341. The minimum absolute atomic E-state index is 0.109. The van der Waals surface area contributed by atoms with Gasteiger partial charge in [0.05, 0.1) is 19.8 Å². The number of hydrogen-bond donors (Lipinski definition) is 0. The molecular formula is C41H47N5O2. The standard InChI is InChI=1S/C41H47N5O2/c1-7-8-9-10-11-18-27-45-34-26-25-29(2)28-33(34)41(3,4)37(45)24-17-14-21-32-38(30-19-12-15-22-35(30)47-5)44-46-39(42-43-40(32)46)31-20-13-16-23-36(31)48-6/h12-17,19-26,28H,7-11,18,27H2,1-6H3/b17-14+,32-21-,37-24+. The molecule has 0 fully saturated rings. The van der Waals surface area contributed by atoms with Crippen molar-refractivity contribution < 1.29 is 9.47 Å². The van der Waals surface area contributed by atoms with Crippen LogP contribution >= 0.6 is 0 Å². The molecule has 1 aliphatic rings. The SMILES string of the molecule is CCCCCCCCN1/C(=C/C=C/C=c2/c(-c3ccccc3OC)nn3c(-c4ccccc4OC)nnc23)C(C)(C)c2cc(C)ccc21. The maximum atomic E-state index is 5.75. The van der Waals surface area contributed by atoms with Crippen LogP contribution in [0.25, 0.3) is 34.4 Å². The van der Waals surface area contributed by atoms with E-state index in [0.717, 1.165) is 34.3 Å². The third kappa shape index (κ3) is 6.34. The number of allylic oxidation sites excluding steroid dienone is 4. The molecule has 2 aromatic heterocycles. The molecule has 0 aliphatic carbocycles. The van der Waals surface area contributed by atoms with Crippen LogP contribution < -0.4 is 19.6 Å². The van der Waals surface area contributed by atoms with Gasteiger partial charge in [-0.1, -0.05) is 107 Å². The molecule has 0 radical (unpaired) electrons. The van der Waals surface area contributed by atoms with Gasteiger partial charge >= 0.3 is 0 Å². The summed E-state index contributed by atoms with van der Waals surface area (Å²) in [4.78, 5) is 2.54. The van der Waals surface area contributed by atoms with Crippen molar-refractivity contribution in [2.75, 3.05) is 25.7 Å². The average Bonchev–Trinajstić information content (AvgIpc) is 3.73. The third-order valence-corrected chi connectivity index (χ3v) is 9.46. The summed E-state index contributed by atoms with van der Waals surface area (Å²) in [5.74, 6) is 2.08. The molecule has 48 heavy (non-hydrogen) atoms. The van der Waals surface area contributed by atoms with E-state index in [4.69, 9.17) is 14.6 Å². The van der Waals surface area contributed by atoms with Crippen molar-refractivity contribution in [2.24, 2.45) is 0 Å². The third-order valence-electron chi connectivity index (χ3n) is 9.46. The second kappa shape index (κ2) is 14.5. The Morgan fingerprint density at radius 1 is 0.771 bits per heavy atom. The van der Waals surface area contributed by atoms with E-state index in [-0.39, 0.29) is 5.41 Å². The molecule has 6 rings (SSSR count). The largest absolute Gasteiger partial charge is 0.496 e. The number of aryl methyl sites for hydroxylation is 1. The van der Waals surface area contributed by atoms with Crippen LogP contribution in [0.15, 0.2) is 90.7 Å². The molecule has 0 bridgehead atoms. The summed E-state index contributed by atoms with van der Waals surface area (Å²) in [6.45, 7) is 10.2. The zero-order valence-electron chi connectivity index (χ0n) is 29.2. The lowest BCUT2D eigenvalue weighted by molar-refractivity contribution is 0.416. The Balaban J connectivity index is 1.40. The molecule has 0 atom stereocenters. The van der Waals surface area contributed by atoms with Crippen LogP contribution in [-0.2, 0) is 5.41 Å². The fourth-order valence-corrected chi connectivity index (χ4v) is 6.87. The van der Waals surface area contributed by atoms with E-state index in [1.54, 1.807) is 18.7 Å². The highest BCUT2D eigenvalue weighted by Crippen LogP contribution is 2.48. The molecule has 7 heteroatoms. The maximum Gasteiger partial charge on any atom is 0.189 e. The van der Waals surface area contributed by atoms with Crippen molar-refractivity contribution in [3.63, 3.8) is 0 Å². The average molecular weight is 642 g/mol. The summed E-state index contributed by atoms with van der Waals surface area (Å²) in [6, 6.07) is 22.6. The molecule has 3 aromatic carbocycles. The van der Waals surface area contributed by atoms with Gasteiger partial charge in [0.2, 0.25) is 0 Å². The number of benzene rings is 3. The molecule has 7 nitrogen and oxygen atoms in total. The van der Waals surface area contributed by atoms with Gasteiger partial charge in [0.25, 0.3) is 0 Å². The van der Waals surface area contributed by atoms with Gasteiger partial charge in [-0.05, 0) is 61.4 Å². The van der Waals surface area contributed by atoms with Crippen LogP contribution in [0, 0.1) is 6.92 Å². The lowest BCUT2D eigenvalue weighted by Crippen LogP contribution is -2.27. The molecule has 0 spiro atoms. The zero-order chi connectivity index (χ0) is 33.7. The van der Waals surface area contributed by atoms with E-state index >= 15 is 0 Å². The number of rotatable bonds is 13. The monoisotopic (exact) mass is 641 g/mol. The fourth-order valence-electron chi connectivity index (χ4n) is 6.87. The molecule has 0 saturated carbocycles. The Morgan fingerprint density at radius 2 is 1.44 bits per heavy atom. The van der Waals surface area contributed by atoms with E-state index in [0.29, 0.717) is 17.2 Å². The summed E-state index contributed by atoms with van der Waals surface area (Å²) in [5.41, 5.74) is 8.39. The first-order valence-corrected chi connectivity index (χ1v) is 17.2. The van der Waals surface area contributed by atoms with Crippen molar-refractivity contribution in [2.45, 2.75) is 71.6 Å². The van der Waals surface area contributed by atoms with Crippen molar-refractivity contribution in [1.82, 2.24) is 19.8 Å². The summed E-state index contributed by atoms with van der Waals surface area (Å²) < 4.78 is 13.2. The number of fused-ring (bicyclic) bond motifs is 2. The molecule has 0 saturated heterocycles. The van der Waals surface area contributed by atoms with Crippen molar-refractivity contribution >= 4 is 17.4 Å². The Morgan fingerprint density at radius 3 is 2.19 bits per heavy atom. The van der Waals surface area contributed by atoms with Gasteiger partial charge in [0.1, 0.15) is 17.2 Å². The highest BCUT2D eigenvalue weighted by molar-refractivity contribution is 5.76. The molecule has 0 unspecified atom stereocenters. The second-order valence-electron chi connectivity index (χ2n) is 13.1. The number of aromatic nitrogens is 4. The van der Waals surface area contributed by atoms with Crippen molar-refractivity contribution in [1.29, 1.82) is 0 Å². The smallest absolute Gasteiger partial charge is 0.189 e. The van der Waals surface area contributed by atoms with Crippen LogP contribution in [-0.4, -0.2) is 40.6 Å². The summed E-state index contributed by atoms with van der Waals surface area (Å²) in [6.07, 6.45) is 16.3. The van der Waals surface area contributed by atoms with Gasteiger partial charge in [-0.2, -0.15) is 9.61 Å². The Bertz CT molecular complexity index is 2000. The highest BCUT2D eigenvalue weighted by atomic mass is 16.5. The van der Waals surface area contributed by atoms with E-state index in [1.165, 1.54) is 61.0 Å². The number of para-hydroxylation sites is 2. The molecule has 248 valence electrons. The number of anilines is 1. The number of unbranched alkanes of at least 4 members (excludes halogenated alkanes) is 5. The summed E-state index contributed by atoms with van der Waals surface area (Å²) in [7, 11) is 3.35. The normalized spacial score (nSPS) is 15.2. The molecule has 0 amide bonds. The van der Waals surface area contributed by atoms with Crippen LogP contribution in [0.3, 0.4) is 0 Å². The topological polar surface area (TPSA) is 64.8 Å². The van der Waals surface area contributed by atoms with Crippen molar-refractivity contribution in [3.8, 4) is 34.1 Å². The van der Waals surface area contributed by atoms with Crippen molar-refractivity contribution in [3.05, 3.63) is 107 Å². The van der Waals surface area contributed by atoms with E-state index in [9.17, 15) is 0 Å². The minimum Gasteiger partial charge on any atom is -0.496 e. The Kier molecular flexibility index (Phi) is 9.95. The van der Waals surface area contributed by atoms with Crippen LogP contribution in [0.1, 0.15) is 70.4 Å². The molecule has 3 heterocycles. The lowest BCUT2D eigenvalue weighted by Gasteiger charge is -2.27. The van der Waals surface area contributed by atoms with Crippen LogP contribution in [0.2, 0.25) is 0 Å². The number of ether oxygens (including phenoxy) is 2. The zero-order valence-corrected chi connectivity index (χ0v) is 29.2. The molecule has 5 aromatic rings. The van der Waals surface area contributed by atoms with Crippen LogP contribution in [0.4, 0.5) is 5.69 Å².